The summed E-state index contributed by atoms with van der Waals surface area (Å²) in [7, 11) is 7.78. The van der Waals surface area contributed by atoms with E-state index in [-0.39, 0.29) is 43.4 Å². The third kappa shape index (κ3) is 14.2. The van der Waals surface area contributed by atoms with Gasteiger partial charge < -0.3 is 47.4 Å². The third-order valence-electron chi connectivity index (χ3n) is 11.4. The lowest BCUT2D eigenvalue weighted by Crippen LogP contribution is -2.39. The maximum atomic E-state index is 13.1. The number of methoxy groups -OCH3 is 5. The van der Waals surface area contributed by atoms with Crippen molar-refractivity contribution in [3.05, 3.63) is 132 Å². The number of hydrogen-bond donors (Lipinski definition) is 0. The van der Waals surface area contributed by atoms with Crippen LogP contribution in [0.1, 0.15) is 65.7 Å². The predicted octanol–water partition coefficient (Wildman–Crippen LogP) is 8.89. The SMILES string of the molecule is COc1ccc(C(=O)OC2CCC(OC(=O)c3ccc(OC)cc3)CC2)cc1.COc1ccc(OC(=O)C2CC(C(=O)Oc3ccc(OC)cc3)CC(C(=O)Oc3ccc(OC)cc3)C2)cc1. The smallest absolute Gasteiger partial charge is 0.338 e. The molecule has 2 aliphatic carbocycles. The molecule has 5 aromatic carbocycles. The minimum Gasteiger partial charge on any atom is -0.497 e. The van der Waals surface area contributed by atoms with Crippen molar-refractivity contribution in [1.29, 1.82) is 0 Å². The lowest BCUT2D eigenvalue weighted by atomic mass is 9.75. The summed E-state index contributed by atoms with van der Waals surface area (Å²) < 4.78 is 53.5. The van der Waals surface area contributed by atoms with Crippen LogP contribution in [0.2, 0.25) is 0 Å². The fourth-order valence-electron chi connectivity index (χ4n) is 7.59. The zero-order valence-electron chi connectivity index (χ0n) is 38.0. The summed E-state index contributed by atoms with van der Waals surface area (Å²) in [5.41, 5.74) is 0.989. The van der Waals surface area contributed by atoms with E-state index in [4.69, 9.17) is 47.4 Å². The molecule has 0 spiro atoms. The van der Waals surface area contributed by atoms with E-state index >= 15 is 0 Å². The summed E-state index contributed by atoms with van der Waals surface area (Å²) in [6, 6.07) is 33.4. The molecule has 15 nitrogen and oxygen atoms in total. The van der Waals surface area contributed by atoms with Gasteiger partial charge in [0.15, 0.2) is 0 Å². The van der Waals surface area contributed by atoms with Gasteiger partial charge in [-0.15, -0.1) is 0 Å². The first kappa shape index (κ1) is 48.9. The molecule has 2 saturated carbocycles. The van der Waals surface area contributed by atoms with Crippen LogP contribution in [0.5, 0.6) is 46.0 Å². The molecule has 67 heavy (non-hydrogen) atoms. The summed E-state index contributed by atoms with van der Waals surface area (Å²) in [5.74, 6) is -0.219. The minimum atomic E-state index is -0.720. The Morgan fingerprint density at radius 3 is 0.761 bits per heavy atom. The van der Waals surface area contributed by atoms with E-state index in [1.165, 1.54) is 0 Å². The Morgan fingerprint density at radius 1 is 0.328 bits per heavy atom. The number of hydrogen-bond acceptors (Lipinski definition) is 15. The largest absolute Gasteiger partial charge is 0.497 e. The molecular formula is C52H54O15. The van der Waals surface area contributed by atoms with Crippen LogP contribution < -0.4 is 37.9 Å². The maximum Gasteiger partial charge on any atom is 0.338 e. The predicted molar refractivity (Wildman–Crippen MR) is 243 cm³/mol. The zero-order valence-corrected chi connectivity index (χ0v) is 38.0. The van der Waals surface area contributed by atoms with Crippen LogP contribution >= 0.6 is 0 Å². The van der Waals surface area contributed by atoms with E-state index in [1.807, 2.05) is 0 Å². The minimum absolute atomic E-state index is 0.162. The summed E-state index contributed by atoms with van der Waals surface area (Å²) in [5, 5.41) is 0. The molecule has 2 aliphatic rings. The molecule has 0 radical (unpaired) electrons. The highest BCUT2D eigenvalue weighted by molar-refractivity contribution is 5.90. The molecule has 0 saturated heterocycles. The quantitative estimate of drug-likeness (QED) is 0.0718. The zero-order chi connectivity index (χ0) is 47.7. The molecular weight excluding hydrogens is 865 g/mol. The Kier molecular flexibility index (Phi) is 17.6. The van der Waals surface area contributed by atoms with E-state index in [9.17, 15) is 24.0 Å². The van der Waals surface area contributed by atoms with E-state index in [2.05, 4.69) is 0 Å². The lowest BCUT2D eigenvalue weighted by molar-refractivity contribution is -0.150. The molecule has 7 rings (SSSR count). The molecule has 0 N–H and O–H groups in total. The highest BCUT2D eigenvalue weighted by Crippen LogP contribution is 2.37. The molecule has 0 unspecified atom stereocenters. The average molecular weight is 919 g/mol. The Labute approximate surface area is 389 Å². The van der Waals surface area contributed by atoms with Gasteiger partial charge in [0.1, 0.15) is 58.2 Å². The van der Waals surface area contributed by atoms with Gasteiger partial charge in [0.05, 0.1) is 64.4 Å². The van der Waals surface area contributed by atoms with Crippen LogP contribution in [0.3, 0.4) is 0 Å². The van der Waals surface area contributed by atoms with Crippen molar-refractivity contribution in [2.45, 2.75) is 57.2 Å². The van der Waals surface area contributed by atoms with Gasteiger partial charge in [0.25, 0.3) is 0 Å². The Hall–Kier alpha value is -7.55. The summed E-state index contributed by atoms with van der Waals surface area (Å²) in [6.45, 7) is 0. The van der Waals surface area contributed by atoms with E-state index in [0.29, 0.717) is 82.8 Å². The molecule has 0 bridgehead atoms. The number of rotatable bonds is 15. The fraction of sp³-hybridized carbons (Fsp3) is 0.327. The van der Waals surface area contributed by atoms with Crippen LogP contribution in [0, 0.1) is 17.8 Å². The first-order valence-corrected chi connectivity index (χ1v) is 21.7. The Morgan fingerprint density at radius 2 is 0.537 bits per heavy atom. The molecule has 2 fully saturated rings. The fourth-order valence-corrected chi connectivity index (χ4v) is 7.59. The van der Waals surface area contributed by atoms with Crippen LogP contribution in [-0.2, 0) is 23.9 Å². The van der Waals surface area contributed by atoms with Gasteiger partial charge in [-0.25, -0.2) is 9.59 Å². The number of carbonyl (C=O) groups excluding carboxylic acids is 5. The van der Waals surface area contributed by atoms with Crippen molar-refractivity contribution >= 4 is 29.8 Å². The van der Waals surface area contributed by atoms with Crippen LogP contribution in [0.4, 0.5) is 0 Å². The molecule has 0 aromatic heterocycles. The van der Waals surface area contributed by atoms with Crippen LogP contribution in [0.15, 0.2) is 121 Å². The second-order valence-corrected chi connectivity index (χ2v) is 15.8. The van der Waals surface area contributed by atoms with Crippen molar-refractivity contribution < 1.29 is 71.3 Å². The second-order valence-electron chi connectivity index (χ2n) is 15.8. The monoisotopic (exact) mass is 918 g/mol. The van der Waals surface area contributed by atoms with Gasteiger partial charge in [-0.2, -0.15) is 0 Å². The van der Waals surface area contributed by atoms with Gasteiger partial charge in [-0.3, -0.25) is 14.4 Å². The standard InChI is InChI=1S/C30H30O9.C22H24O6/c1-34-22-4-10-25(11-5-22)37-28(31)19-16-20(29(32)38-26-12-6-23(35-2)7-13-26)18-21(17-19)30(33)39-27-14-8-24(36-3)9-15-27;1-25-17-7-3-15(4-8-17)21(23)27-19-11-13-20(14-12-19)28-22(24)16-5-9-18(26-2)10-6-16/h4-15,19-21H,16-18H2,1-3H3;3-10,19-20H,11-14H2,1-2H3. The normalized spacial score (nSPS) is 18.6. The van der Waals surface area contributed by atoms with Gasteiger partial charge in [0.2, 0.25) is 0 Å². The Bertz CT molecular complexity index is 2150. The van der Waals surface area contributed by atoms with Crippen LogP contribution in [0.25, 0.3) is 0 Å². The first-order valence-electron chi connectivity index (χ1n) is 21.7. The number of benzene rings is 5. The third-order valence-corrected chi connectivity index (χ3v) is 11.4. The van der Waals surface area contributed by atoms with Crippen LogP contribution in [-0.4, -0.2) is 77.6 Å². The number of ether oxygens (including phenoxy) is 10. The topological polar surface area (TPSA) is 178 Å². The first-order chi connectivity index (χ1) is 32.5. The van der Waals surface area contributed by atoms with Crippen molar-refractivity contribution in [2.24, 2.45) is 17.8 Å². The van der Waals surface area contributed by atoms with Gasteiger partial charge in [-0.1, -0.05) is 0 Å². The highest BCUT2D eigenvalue weighted by Gasteiger charge is 2.41. The second kappa shape index (κ2) is 24.1. The summed E-state index contributed by atoms with van der Waals surface area (Å²) >= 11 is 0. The molecule has 0 amide bonds. The van der Waals surface area contributed by atoms with Crippen molar-refractivity contribution in [3.8, 4) is 46.0 Å². The number of carbonyl (C=O) groups is 5. The van der Waals surface area contributed by atoms with Crippen molar-refractivity contribution in [1.82, 2.24) is 0 Å². The average Bonchev–Trinajstić information content (AvgIpc) is 3.37. The van der Waals surface area contributed by atoms with Crippen molar-refractivity contribution in [3.63, 3.8) is 0 Å². The van der Waals surface area contributed by atoms with Gasteiger partial charge >= 0.3 is 29.8 Å². The molecule has 0 aliphatic heterocycles. The van der Waals surface area contributed by atoms with E-state index in [1.54, 1.807) is 157 Å². The molecule has 15 heteroatoms. The highest BCUT2D eigenvalue weighted by atomic mass is 16.6. The lowest BCUT2D eigenvalue weighted by Gasteiger charge is -2.31. The number of esters is 5. The molecule has 352 valence electrons. The molecule has 0 atom stereocenters. The van der Waals surface area contributed by atoms with Crippen molar-refractivity contribution in [2.75, 3.05) is 35.5 Å². The van der Waals surface area contributed by atoms with E-state index in [0.717, 1.165) is 0 Å². The van der Waals surface area contributed by atoms with Gasteiger partial charge in [-0.05, 0) is 166 Å². The maximum absolute atomic E-state index is 13.1. The summed E-state index contributed by atoms with van der Waals surface area (Å²) in [4.78, 5) is 63.9. The summed E-state index contributed by atoms with van der Waals surface area (Å²) in [6.07, 6.45) is 2.88. The molecule has 5 aromatic rings. The van der Waals surface area contributed by atoms with Gasteiger partial charge in [0, 0.05) is 0 Å². The Balaban J connectivity index is 0.000000233. The van der Waals surface area contributed by atoms with E-state index < -0.39 is 35.7 Å². The molecule has 0 heterocycles.